The van der Waals surface area contributed by atoms with Gasteiger partial charge in [-0.25, -0.2) is 0 Å². The minimum Gasteiger partial charge on any atom is -0.312 e. The van der Waals surface area contributed by atoms with E-state index in [2.05, 4.69) is 49.5 Å². The lowest BCUT2D eigenvalue weighted by molar-refractivity contribution is 0.415. The van der Waals surface area contributed by atoms with Crippen LogP contribution in [0.15, 0.2) is 6.20 Å². The van der Waals surface area contributed by atoms with Gasteiger partial charge in [-0.05, 0) is 46.6 Å². The number of rotatable bonds is 12. The average Bonchev–Trinajstić information content (AvgIpc) is 2.91. The van der Waals surface area contributed by atoms with Crippen LogP contribution in [-0.4, -0.2) is 27.1 Å². The summed E-state index contributed by atoms with van der Waals surface area (Å²) < 4.78 is 1.99. The van der Waals surface area contributed by atoms with Crippen LogP contribution < -0.4 is 5.32 Å². The summed E-state index contributed by atoms with van der Waals surface area (Å²) >= 11 is 0. The molecule has 0 radical (unpaired) electrons. The predicted octanol–water partition coefficient (Wildman–Crippen LogP) is 4.35. The Bertz CT molecular complexity index is 379. The fourth-order valence-corrected chi connectivity index (χ4v) is 2.53. The minimum absolute atomic E-state index is 0.266. The Morgan fingerprint density at radius 3 is 2.09 bits per heavy atom. The van der Waals surface area contributed by atoms with Crippen molar-refractivity contribution in [2.75, 3.05) is 6.54 Å². The van der Waals surface area contributed by atoms with Crippen LogP contribution in [0.5, 0.6) is 0 Å². The van der Waals surface area contributed by atoms with Gasteiger partial charge in [0.05, 0.1) is 5.69 Å². The summed E-state index contributed by atoms with van der Waals surface area (Å²) in [5, 5.41) is 11.8. The maximum atomic E-state index is 4.14. The average molecular weight is 309 g/mol. The Morgan fingerprint density at radius 2 is 1.55 bits per heavy atom. The molecule has 1 aromatic heterocycles. The van der Waals surface area contributed by atoms with Crippen LogP contribution in [-0.2, 0) is 13.0 Å². The Morgan fingerprint density at radius 1 is 0.955 bits per heavy atom. The first kappa shape index (κ1) is 19.1. The summed E-state index contributed by atoms with van der Waals surface area (Å²) in [6.07, 6.45) is 13.8. The summed E-state index contributed by atoms with van der Waals surface area (Å²) in [7, 11) is 0. The lowest BCUT2D eigenvalue weighted by atomic mass is 10.1. The molecule has 0 aliphatic carbocycles. The van der Waals surface area contributed by atoms with E-state index in [-0.39, 0.29) is 5.54 Å². The van der Waals surface area contributed by atoms with Gasteiger partial charge in [-0.1, -0.05) is 50.7 Å². The number of hydrogen-bond acceptors (Lipinski definition) is 3. The SMILES string of the molecule is CCc1cn(CCCCCCCCCCNC(C)(C)C)nn1. The predicted molar refractivity (Wildman–Crippen MR) is 94.1 cm³/mol. The molecule has 1 aromatic rings. The van der Waals surface area contributed by atoms with Gasteiger partial charge in [-0.15, -0.1) is 5.10 Å². The molecule has 0 fully saturated rings. The quantitative estimate of drug-likeness (QED) is 0.584. The van der Waals surface area contributed by atoms with Crippen molar-refractivity contribution in [3.8, 4) is 0 Å². The number of nitrogens with zero attached hydrogens (tertiary/aromatic N) is 3. The van der Waals surface area contributed by atoms with Crippen LogP contribution in [0.4, 0.5) is 0 Å². The van der Waals surface area contributed by atoms with Crippen LogP contribution in [0, 0.1) is 0 Å². The molecule has 0 aliphatic heterocycles. The van der Waals surface area contributed by atoms with E-state index in [1.54, 1.807) is 0 Å². The standard InChI is InChI=1S/C18H36N4/c1-5-17-16-22(21-20-17)15-13-11-9-7-6-8-10-12-14-19-18(2,3)4/h16,19H,5-15H2,1-4H3. The first-order chi connectivity index (χ1) is 10.5. The normalized spacial score (nSPS) is 12.0. The number of aryl methyl sites for hydroxylation is 2. The zero-order valence-corrected chi connectivity index (χ0v) is 15.2. The maximum absolute atomic E-state index is 4.14. The van der Waals surface area contributed by atoms with Gasteiger partial charge in [-0.2, -0.15) is 0 Å². The van der Waals surface area contributed by atoms with E-state index in [9.17, 15) is 0 Å². The number of aromatic nitrogens is 3. The highest BCUT2D eigenvalue weighted by atomic mass is 15.4. The molecule has 22 heavy (non-hydrogen) atoms. The Kier molecular flexibility index (Phi) is 9.37. The van der Waals surface area contributed by atoms with Crippen LogP contribution in [0.2, 0.25) is 0 Å². The summed E-state index contributed by atoms with van der Waals surface area (Å²) in [6.45, 7) is 11.0. The van der Waals surface area contributed by atoms with Gasteiger partial charge in [0.1, 0.15) is 0 Å². The van der Waals surface area contributed by atoms with E-state index < -0.39 is 0 Å². The molecule has 1 rings (SSSR count). The molecule has 0 spiro atoms. The van der Waals surface area contributed by atoms with Crippen molar-refractivity contribution in [3.05, 3.63) is 11.9 Å². The second kappa shape index (κ2) is 10.8. The van der Waals surface area contributed by atoms with Crippen molar-refractivity contribution in [2.24, 2.45) is 0 Å². The Labute approximate surface area is 137 Å². The van der Waals surface area contributed by atoms with Crippen molar-refractivity contribution in [2.45, 2.75) is 97.6 Å². The molecule has 128 valence electrons. The molecule has 0 bridgehead atoms. The highest BCUT2D eigenvalue weighted by Crippen LogP contribution is 2.09. The molecule has 0 atom stereocenters. The van der Waals surface area contributed by atoms with Crippen molar-refractivity contribution in [3.63, 3.8) is 0 Å². The fraction of sp³-hybridized carbons (Fsp3) is 0.889. The molecule has 0 unspecified atom stereocenters. The van der Waals surface area contributed by atoms with Crippen molar-refractivity contribution < 1.29 is 0 Å². The van der Waals surface area contributed by atoms with Gasteiger partial charge in [0.15, 0.2) is 0 Å². The van der Waals surface area contributed by atoms with Crippen LogP contribution in [0.1, 0.15) is 84.8 Å². The van der Waals surface area contributed by atoms with Gasteiger partial charge < -0.3 is 5.32 Å². The zero-order chi connectivity index (χ0) is 16.3. The Balaban J connectivity index is 1.84. The van der Waals surface area contributed by atoms with Crippen LogP contribution in [0.3, 0.4) is 0 Å². The molecule has 4 heteroatoms. The van der Waals surface area contributed by atoms with Crippen molar-refractivity contribution in [1.29, 1.82) is 0 Å². The third-order valence-electron chi connectivity index (χ3n) is 3.92. The van der Waals surface area contributed by atoms with E-state index in [0.717, 1.165) is 25.2 Å². The summed E-state index contributed by atoms with van der Waals surface area (Å²) in [5.74, 6) is 0. The molecule has 0 saturated heterocycles. The molecule has 4 nitrogen and oxygen atoms in total. The maximum Gasteiger partial charge on any atom is 0.0824 e. The summed E-state index contributed by atoms with van der Waals surface area (Å²) in [5.41, 5.74) is 1.36. The lowest BCUT2D eigenvalue weighted by Gasteiger charge is -2.20. The van der Waals surface area contributed by atoms with Crippen LogP contribution in [0.25, 0.3) is 0 Å². The molecule has 0 aromatic carbocycles. The highest BCUT2D eigenvalue weighted by Gasteiger charge is 2.06. The monoisotopic (exact) mass is 308 g/mol. The van der Waals surface area contributed by atoms with E-state index >= 15 is 0 Å². The molecular weight excluding hydrogens is 272 g/mol. The first-order valence-electron chi connectivity index (χ1n) is 9.15. The van der Waals surface area contributed by atoms with E-state index in [1.807, 2.05) is 4.68 Å². The smallest absolute Gasteiger partial charge is 0.0824 e. The Hall–Kier alpha value is -0.900. The molecular formula is C18H36N4. The first-order valence-corrected chi connectivity index (χ1v) is 9.15. The number of nitrogens with one attached hydrogen (secondary N) is 1. The largest absolute Gasteiger partial charge is 0.312 e. The van der Waals surface area contributed by atoms with E-state index in [4.69, 9.17) is 0 Å². The van der Waals surface area contributed by atoms with Crippen molar-refractivity contribution >= 4 is 0 Å². The van der Waals surface area contributed by atoms with Gasteiger partial charge in [0, 0.05) is 18.3 Å². The fourth-order valence-electron chi connectivity index (χ4n) is 2.53. The second-order valence-corrected chi connectivity index (χ2v) is 7.33. The molecule has 0 saturated carbocycles. The second-order valence-electron chi connectivity index (χ2n) is 7.33. The topological polar surface area (TPSA) is 42.7 Å². The number of hydrogen-bond donors (Lipinski definition) is 1. The molecule has 0 amide bonds. The molecule has 0 aliphatic rings. The zero-order valence-electron chi connectivity index (χ0n) is 15.2. The van der Waals surface area contributed by atoms with Gasteiger partial charge in [0.2, 0.25) is 0 Å². The van der Waals surface area contributed by atoms with Gasteiger partial charge in [0.25, 0.3) is 0 Å². The van der Waals surface area contributed by atoms with Gasteiger partial charge >= 0.3 is 0 Å². The van der Waals surface area contributed by atoms with Crippen LogP contribution >= 0.6 is 0 Å². The highest BCUT2D eigenvalue weighted by molar-refractivity contribution is 4.90. The van der Waals surface area contributed by atoms with Gasteiger partial charge in [-0.3, -0.25) is 4.68 Å². The molecule has 1 heterocycles. The lowest BCUT2D eigenvalue weighted by Crippen LogP contribution is -2.36. The summed E-state index contributed by atoms with van der Waals surface area (Å²) in [4.78, 5) is 0. The summed E-state index contributed by atoms with van der Waals surface area (Å²) in [6, 6.07) is 0. The minimum atomic E-state index is 0.266. The van der Waals surface area contributed by atoms with E-state index in [1.165, 1.54) is 51.4 Å². The molecule has 1 N–H and O–H groups in total. The third kappa shape index (κ3) is 9.93. The number of unbranched alkanes of at least 4 members (excludes halogenated alkanes) is 7. The van der Waals surface area contributed by atoms with E-state index in [0.29, 0.717) is 0 Å². The van der Waals surface area contributed by atoms with Crippen molar-refractivity contribution in [1.82, 2.24) is 20.3 Å². The third-order valence-corrected chi connectivity index (χ3v) is 3.92.